The number of hydrogen-bond donors (Lipinski definition) is 2. The summed E-state index contributed by atoms with van der Waals surface area (Å²) in [6.45, 7) is 2.08. The zero-order valence-corrected chi connectivity index (χ0v) is 11.5. The zero-order chi connectivity index (χ0) is 15.4. The largest absolute Gasteiger partial charge is 0.479 e. The molecule has 1 aromatic rings. The first-order valence-electron chi connectivity index (χ1n) is 6.48. The van der Waals surface area contributed by atoms with Gasteiger partial charge in [-0.1, -0.05) is 17.7 Å². The van der Waals surface area contributed by atoms with Crippen LogP contribution in [-0.4, -0.2) is 53.6 Å². The van der Waals surface area contributed by atoms with Gasteiger partial charge in [0.2, 0.25) is 0 Å². The van der Waals surface area contributed by atoms with Gasteiger partial charge in [-0.3, -0.25) is 9.59 Å². The third kappa shape index (κ3) is 3.79. The summed E-state index contributed by atoms with van der Waals surface area (Å²) in [5.41, 5.74) is 1.55. The summed E-state index contributed by atoms with van der Waals surface area (Å²) >= 11 is 0. The fraction of sp³-hybridized carbons (Fsp3) is 0.357. The van der Waals surface area contributed by atoms with Crippen LogP contribution in [-0.2, 0) is 19.1 Å². The molecule has 0 saturated carbocycles. The number of hydrogen-bond acceptors (Lipinski definition) is 4. The molecule has 1 saturated heterocycles. The van der Waals surface area contributed by atoms with Crippen LogP contribution in [0.5, 0.6) is 0 Å². The number of nitrogens with one attached hydrogen (secondary N) is 1. The maximum Gasteiger partial charge on any atom is 0.334 e. The van der Waals surface area contributed by atoms with E-state index >= 15 is 0 Å². The summed E-state index contributed by atoms with van der Waals surface area (Å²) in [5, 5.41) is 11.4. The molecule has 2 rings (SSSR count). The summed E-state index contributed by atoms with van der Waals surface area (Å²) in [7, 11) is 0. The summed E-state index contributed by atoms with van der Waals surface area (Å²) in [4.78, 5) is 35.9. The predicted octanol–water partition coefficient (Wildman–Crippen LogP) is 0.246. The van der Waals surface area contributed by atoms with Crippen molar-refractivity contribution in [2.45, 2.75) is 13.0 Å². The molecule has 1 fully saturated rings. The van der Waals surface area contributed by atoms with Crippen molar-refractivity contribution in [3.8, 4) is 0 Å². The van der Waals surface area contributed by atoms with Gasteiger partial charge in [0.1, 0.15) is 0 Å². The van der Waals surface area contributed by atoms with E-state index in [4.69, 9.17) is 9.84 Å². The van der Waals surface area contributed by atoms with Crippen LogP contribution < -0.4 is 5.32 Å². The van der Waals surface area contributed by atoms with Crippen LogP contribution in [0.15, 0.2) is 24.3 Å². The van der Waals surface area contributed by atoms with Crippen LogP contribution in [0.4, 0.5) is 5.69 Å². The first kappa shape index (κ1) is 15.0. The number of carbonyl (C=O) groups excluding carboxylic acids is 2. The van der Waals surface area contributed by atoms with E-state index in [-0.39, 0.29) is 19.7 Å². The van der Waals surface area contributed by atoms with Gasteiger partial charge in [0.25, 0.3) is 0 Å². The van der Waals surface area contributed by atoms with Crippen LogP contribution in [0.3, 0.4) is 0 Å². The zero-order valence-electron chi connectivity index (χ0n) is 11.5. The number of amides is 2. The van der Waals surface area contributed by atoms with Gasteiger partial charge in [-0.15, -0.1) is 0 Å². The Morgan fingerprint density at radius 1 is 1.29 bits per heavy atom. The van der Waals surface area contributed by atoms with Crippen molar-refractivity contribution < 1.29 is 24.2 Å². The maximum absolute atomic E-state index is 12.0. The lowest BCUT2D eigenvalue weighted by atomic mass is 10.2. The molecule has 1 atom stereocenters. The highest BCUT2D eigenvalue weighted by Crippen LogP contribution is 2.10. The van der Waals surface area contributed by atoms with Crippen LogP contribution in [0.1, 0.15) is 5.56 Å². The normalized spacial score (nSPS) is 18.1. The predicted molar refractivity (Wildman–Crippen MR) is 73.8 cm³/mol. The number of aliphatic carboxylic acids is 1. The Kier molecular flexibility index (Phi) is 4.54. The molecule has 1 aromatic carbocycles. The van der Waals surface area contributed by atoms with Crippen molar-refractivity contribution >= 4 is 23.5 Å². The second kappa shape index (κ2) is 6.36. The fourth-order valence-electron chi connectivity index (χ4n) is 1.95. The minimum atomic E-state index is -1.15. The smallest absolute Gasteiger partial charge is 0.334 e. The SMILES string of the molecule is Cc1ccc(NC(=O)C(=O)N2CCOC(C(=O)O)C2)cc1. The van der Waals surface area contributed by atoms with Crippen molar-refractivity contribution in [2.75, 3.05) is 25.0 Å². The van der Waals surface area contributed by atoms with Crippen molar-refractivity contribution in [3.05, 3.63) is 29.8 Å². The molecule has 1 aliphatic rings. The van der Waals surface area contributed by atoms with Gasteiger partial charge in [0.15, 0.2) is 6.10 Å². The Labute approximate surface area is 121 Å². The van der Waals surface area contributed by atoms with E-state index in [2.05, 4.69) is 5.32 Å². The van der Waals surface area contributed by atoms with E-state index in [1.54, 1.807) is 12.1 Å². The molecule has 21 heavy (non-hydrogen) atoms. The Bertz CT molecular complexity index is 555. The number of morpholine rings is 1. The number of aryl methyl sites for hydroxylation is 1. The van der Waals surface area contributed by atoms with Gasteiger partial charge in [-0.05, 0) is 19.1 Å². The molecule has 7 nitrogen and oxygen atoms in total. The van der Waals surface area contributed by atoms with Crippen molar-refractivity contribution in [1.29, 1.82) is 0 Å². The molecule has 0 spiro atoms. The molecule has 1 unspecified atom stereocenters. The number of benzene rings is 1. The van der Waals surface area contributed by atoms with Crippen molar-refractivity contribution in [2.24, 2.45) is 0 Å². The Morgan fingerprint density at radius 2 is 1.95 bits per heavy atom. The summed E-state index contributed by atoms with van der Waals surface area (Å²) in [5.74, 6) is -2.69. The lowest BCUT2D eigenvalue weighted by molar-refractivity contribution is -0.161. The van der Waals surface area contributed by atoms with Gasteiger partial charge in [-0.2, -0.15) is 0 Å². The van der Waals surface area contributed by atoms with Crippen molar-refractivity contribution in [3.63, 3.8) is 0 Å². The molecular weight excluding hydrogens is 276 g/mol. The highest BCUT2D eigenvalue weighted by atomic mass is 16.5. The van der Waals surface area contributed by atoms with Crippen molar-refractivity contribution in [1.82, 2.24) is 4.90 Å². The highest BCUT2D eigenvalue weighted by Gasteiger charge is 2.31. The Morgan fingerprint density at radius 3 is 2.57 bits per heavy atom. The number of rotatable bonds is 2. The minimum absolute atomic E-state index is 0.0977. The topological polar surface area (TPSA) is 95.9 Å². The summed E-state index contributed by atoms with van der Waals surface area (Å²) in [6, 6.07) is 7.02. The summed E-state index contributed by atoms with van der Waals surface area (Å²) < 4.78 is 5.01. The average Bonchev–Trinajstić information content (AvgIpc) is 2.49. The Balaban J connectivity index is 1.97. The number of anilines is 1. The van der Waals surface area contributed by atoms with Gasteiger partial charge in [-0.25, -0.2) is 4.79 Å². The standard InChI is InChI=1S/C14H16N2O5/c1-9-2-4-10(5-3-9)15-12(17)13(18)16-6-7-21-11(8-16)14(19)20/h2-5,11H,6-8H2,1H3,(H,15,17)(H,19,20). The highest BCUT2D eigenvalue weighted by molar-refractivity contribution is 6.39. The second-order valence-corrected chi connectivity index (χ2v) is 4.77. The van der Waals surface area contributed by atoms with Gasteiger partial charge >= 0.3 is 17.8 Å². The molecule has 2 N–H and O–H groups in total. The van der Waals surface area contributed by atoms with E-state index in [1.165, 1.54) is 4.90 Å². The molecule has 0 aromatic heterocycles. The Hall–Kier alpha value is -2.41. The van der Waals surface area contributed by atoms with Crippen LogP contribution in [0, 0.1) is 6.92 Å². The molecule has 0 bridgehead atoms. The average molecular weight is 292 g/mol. The molecule has 0 radical (unpaired) electrons. The van der Waals surface area contributed by atoms with E-state index < -0.39 is 23.9 Å². The third-order valence-electron chi connectivity index (χ3n) is 3.13. The number of ether oxygens (including phenoxy) is 1. The number of nitrogens with zero attached hydrogens (tertiary/aromatic N) is 1. The van der Waals surface area contributed by atoms with Gasteiger partial charge in [0, 0.05) is 12.2 Å². The molecule has 1 heterocycles. The van der Waals surface area contributed by atoms with E-state index in [0.717, 1.165) is 5.56 Å². The third-order valence-corrected chi connectivity index (χ3v) is 3.13. The first-order chi connectivity index (χ1) is 9.97. The maximum atomic E-state index is 12.0. The quantitative estimate of drug-likeness (QED) is 0.762. The van der Waals surface area contributed by atoms with Crippen LogP contribution >= 0.6 is 0 Å². The minimum Gasteiger partial charge on any atom is -0.479 e. The lowest BCUT2D eigenvalue weighted by Gasteiger charge is -2.30. The fourth-order valence-corrected chi connectivity index (χ4v) is 1.95. The molecule has 0 aliphatic carbocycles. The molecule has 112 valence electrons. The monoisotopic (exact) mass is 292 g/mol. The van der Waals surface area contributed by atoms with Gasteiger partial charge < -0.3 is 20.1 Å². The number of carboxylic acids is 1. The molecule has 1 aliphatic heterocycles. The molecule has 7 heteroatoms. The number of carboxylic acid groups (broad SMARTS) is 1. The van der Waals surface area contributed by atoms with E-state index in [9.17, 15) is 14.4 Å². The van der Waals surface area contributed by atoms with E-state index in [0.29, 0.717) is 5.69 Å². The van der Waals surface area contributed by atoms with E-state index in [1.807, 2.05) is 19.1 Å². The van der Waals surface area contributed by atoms with Crippen LogP contribution in [0.25, 0.3) is 0 Å². The second-order valence-electron chi connectivity index (χ2n) is 4.77. The van der Waals surface area contributed by atoms with Gasteiger partial charge in [0.05, 0.1) is 13.2 Å². The molecular formula is C14H16N2O5. The van der Waals surface area contributed by atoms with Crippen LogP contribution in [0.2, 0.25) is 0 Å². The number of carbonyl (C=O) groups is 3. The summed E-state index contributed by atoms with van der Waals surface area (Å²) in [6.07, 6.45) is -1.09. The molecule has 2 amide bonds. The first-order valence-corrected chi connectivity index (χ1v) is 6.48. The lowest BCUT2D eigenvalue weighted by Crippen LogP contribution is -2.51.